The zero-order valence-electron chi connectivity index (χ0n) is 5.37. The Bertz CT molecular complexity index is 88.5. The predicted molar refractivity (Wildman–Crippen MR) is 24.1 cm³/mol. The number of rotatable bonds is 0. The summed E-state index contributed by atoms with van der Waals surface area (Å²) in [5.41, 5.74) is 0.708. The number of halogens is 1. The first-order chi connectivity index (χ1) is 2.83. The van der Waals surface area contributed by atoms with Crippen LogP contribution in [0.25, 0.3) is 0 Å². The molecule has 0 saturated heterocycles. The van der Waals surface area contributed by atoms with Crippen molar-refractivity contribution in [1.82, 2.24) is 0 Å². The first-order valence-electron chi connectivity index (χ1n) is 2.61. The smallest absolute Gasteiger partial charge is 1.00 e. The fourth-order valence-corrected chi connectivity index (χ4v) is 1.10. The van der Waals surface area contributed by atoms with Gasteiger partial charge >= 0.3 is 18.9 Å². The van der Waals surface area contributed by atoms with Crippen molar-refractivity contribution >= 4 is 0 Å². The second-order valence-electron chi connectivity index (χ2n) is 2.52. The minimum absolute atomic E-state index is 0. The van der Waals surface area contributed by atoms with Gasteiger partial charge in [0.1, 0.15) is 0 Å². The molecule has 0 heterocycles. The van der Waals surface area contributed by atoms with Crippen LogP contribution in [0.4, 0.5) is 0 Å². The molecule has 0 aromatic rings. The van der Waals surface area contributed by atoms with E-state index in [0.29, 0.717) is 5.41 Å². The molecule has 0 bridgehead atoms. The summed E-state index contributed by atoms with van der Waals surface area (Å²) in [5, 5.41) is 0. The molecule has 2 aliphatic carbocycles. The number of hydrogen-bond donors (Lipinski definition) is 0. The van der Waals surface area contributed by atoms with E-state index >= 15 is 0 Å². The number of hydrogen-bond acceptors (Lipinski definition) is 0. The third-order valence-electron chi connectivity index (χ3n) is 2.04. The second-order valence-corrected chi connectivity index (χ2v) is 2.52. The van der Waals surface area contributed by atoms with E-state index in [2.05, 4.69) is 13.3 Å². The standard InChI is InChI=1S/C6H8.BrH.Li/c1-5-4-6(5)2-3-6;;/h5H,2-3H2,1H3;1H;/q;;+1/p-1. The van der Waals surface area contributed by atoms with Gasteiger partial charge in [-0.3, -0.25) is 0 Å². The fourth-order valence-electron chi connectivity index (χ4n) is 1.10. The van der Waals surface area contributed by atoms with E-state index in [1.54, 1.807) is 0 Å². The summed E-state index contributed by atoms with van der Waals surface area (Å²) in [5.74, 6) is 0.859. The Labute approximate surface area is 73.4 Å². The second kappa shape index (κ2) is 2.37. The average Bonchev–Trinajstić information content (AvgIpc) is 2.25. The Morgan fingerprint density at radius 3 is 1.88 bits per heavy atom. The normalized spacial score (nSPS) is 34.9. The molecule has 0 aliphatic heterocycles. The maximum Gasteiger partial charge on any atom is 1.00 e. The van der Waals surface area contributed by atoms with Gasteiger partial charge in [0.15, 0.2) is 0 Å². The molecule has 1 spiro atoms. The molecule has 0 nitrogen and oxygen atoms in total. The molecule has 8 heavy (non-hydrogen) atoms. The van der Waals surface area contributed by atoms with Crippen LogP contribution in [0.15, 0.2) is 0 Å². The quantitative estimate of drug-likeness (QED) is 0.319. The van der Waals surface area contributed by atoms with Crippen molar-refractivity contribution in [3.05, 3.63) is 6.42 Å². The van der Waals surface area contributed by atoms with Crippen LogP contribution >= 0.6 is 0 Å². The van der Waals surface area contributed by atoms with Crippen LogP contribution in [0.5, 0.6) is 0 Å². The minimum atomic E-state index is 0. The van der Waals surface area contributed by atoms with E-state index in [-0.39, 0.29) is 35.8 Å². The predicted octanol–water partition coefficient (Wildman–Crippen LogP) is -4.49. The molecule has 1 unspecified atom stereocenters. The van der Waals surface area contributed by atoms with Crippen LogP contribution in [0.1, 0.15) is 19.8 Å². The molecule has 0 amide bonds. The van der Waals surface area contributed by atoms with Gasteiger partial charge in [-0.25, -0.2) is 0 Å². The molecule has 0 N–H and O–H groups in total. The van der Waals surface area contributed by atoms with E-state index in [1.165, 1.54) is 12.8 Å². The Kier molecular flexibility index (Phi) is 2.68. The van der Waals surface area contributed by atoms with E-state index in [0.717, 1.165) is 5.92 Å². The van der Waals surface area contributed by atoms with Gasteiger partial charge in [-0.05, 0) is 30.6 Å². The Hall–Kier alpha value is 1.08. The molecule has 1 atom stereocenters. The summed E-state index contributed by atoms with van der Waals surface area (Å²) in [4.78, 5) is 0. The summed E-state index contributed by atoms with van der Waals surface area (Å²) in [6.07, 6.45) is 6.26. The maximum atomic E-state index is 3.38. The van der Waals surface area contributed by atoms with Gasteiger partial charge in [0.25, 0.3) is 0 Å². The molecule has 2 aliphatic rings. The van der Waals surface area contributed by atoms with E-state index < -0.39 is 0 Å². The molecule has 2 rings (SSSR count). The Morgan fingerprint density at radius 2 is 1.88 bits per heavy atom. The molecule has 2 saturated carbocycles. The first-order valence-corrected chi connectivity index (χ1v) is 2.61. The van der Waals surface area contributed by atoms with Crippen LogP contribution < -0.4 is 35.8 Å². The van der Waals surface area contributed by atoms with Crippen LogP contribution in [0.3, 0.4) is 0 Å². The van der Waals surface area contributed by atoms with Gasteiger partial charge < -0.3 is 17.0 Å². The summed E-state index contributed by atoms with van der Waals surface area (Å²) in [7, 11) is 0. The third-order valence-corrected chi connectivity index (χ3v) is 2.04. The van der Waals surface area contributed by atoms with E-state index in [1.807, 2.05) is 0 Å². The molecular weight excluding hydrogens is 159 g/mol. The van der Waals surface area contributed by atoms with Crippen molar-refractivity contribution in [3.8, 4) is 0 Å². The molecule has 2 radical (unpaired) electrons. The first kappa shape index (κ1) is 9.08. The SMILES string of the molecule is CC1[C]C12CC2.[Br-].[Li+]. The monoisotopic (exact) mass is 166 g/mol. The zero-order chi connectivity index (χ0) is 4.20. The van der Waals surface area contributed by atoms with Crippen molar-refractivity contribution in [1.29, 1.82) is 0 Å². The molecule has 2 fully saturated rings. The van der Waals surface area contributed by atoms with Gasteiger partial charge in [-0.15, -0.1) is 0 Å². The van der Waals surface area contributed by atoms with Crippen LogP contribution in [0, 0.1) is 17.8 Å². The summed E-state index contributed by atoms with van der Waals surface area (Å²) < 4.78 is 0. The Balaban J connectivity index is 0.000000245. The molecular formula is C6H8BrLi. The minimum Gasteiger partial charge on any atom is -1.00 e. The van der Waals surface area contributed by atoms with Crippen molar-refractivity contribution in [2.45, 2.75) is 19.8 Å². The molecule has 0 aromatic heterocycles. The topological polar surface area (TPSA) is 0 Å². The van der Waals surface area contributed by atoms with E-state index in [9.17, 15) is 0 Å². The van der Waals surface area contributed by atoms with Crippen molar-refractivity contribution in [2.24, 2.45) is 11.3 Å². The largest absolute Gasteiger partial charge is 1.00 e. The molecule has 0 aromatic carbocycles. The fraction of sp³-hybridized carbons (Fsp3) is 0.833. The van der Waals surface area contributed by atoms with Gasteiger partial charge in [0, 0.05) is 0 Å². The van der Waals surface area contributed by atoms with Crippen molar-refractivity contribution in [3.63, 3.8) is 0 Å². The van der Waals surface area contributed by atoms with Gasteiger partial charge in [0.05, 0.1) is 0 Å². The maximum absolute atomic E-state index is 3.38. The summed E-state index contributed by atoms with van der Waals surface area (Å²) in [6, 6.07) is 0. The van der Waals surface area contributed by atoms with Gasteiger partial charge in [-0.2, -0.15) is 0 Å². The third kappa shape index (κ3) is 1.15. The van der Waals surface area contributed by atoms with Crippen LogP contribution in [0.2, 0.25) is 0 Å². The summed E-state index contributed by atoms with van der Waals surface area (Å²) >= 11 is 0. The van der Waals surface area contributed by atoms with Crippen LogP contribution in [-0.4, -0.2) is 0 Å². The van der Waals surface area contributed by atoms with Gasteiger partial charge in [0.2, 0.25) is 0 Å². The zero-order valence-corrected chi connectivity index (χ0v) is 6.96. The van der Waals surface area contributed by atoms with Gasteiger partial charge in [-0.1, -0.05) is 6.92 Å². The molecule has 40 valence electrons. The summed E-state index contributed by atoms with van der Waals surface area (Å²) in [6.45, 7) is 2.26. The van der Waals surface area contributed by atoms with Crippen LogP contribution in [-0.2, 0) is 0 Å². The van der Waals surface area contributed by atoms with Crippen molar-refractivity contribution in [2.75, 3.05) is 0 Å². The Morgan fingerprint density at radius 1 is 1.50 bits per heavy atom. The molecule has 2 heteroatoms. The average molecular weight is 167 g/mol. The van der Waals surface area contributed by atoms with E-state index in [4.69, 9.17) is 0 Å². The van der Waals surface area contributed by atoms with Crippen molar-refractivity contribution < 1.29 is 35.8 Å².